The van der Waals surface area contributed by atoms with Gasteiger partial charge in [-0.3, -0.25) is 4.79 Å². The number of aliphatic hydroxyl groups excluding tert-OH is 5. The highest BCUT2D eigenvalue weighted by molar-refractivity contribution is 5.87. The Morgan fingerprint density at radius 2 is 1.79 bits per heavy atom. The predicted molar refractivity (Wildman–Crippen MR) is 95.1 cm³/mol. The lowest BCUT2D eigenvalue weighted by molar-refractivity contribution is -0.323. The van der Waals surface area contributed by atoms with Gasteiger partial charge in [-0.25, -0.2) is 0 Å². The van der Waals surface area contributed by atoms with E-state index in [1.807, 2.05) is 13.8 Å². The third-order valence-corrected chi connectivity index (χ3v) is 6.37. The maximum Gasteiger partial charge on any atom is 0.187 e. The number of aliphatic hydroxyl groups is 5. The van der Waals surface area contributed by atoms with Gasteiger partial charge in [-0.05, 0) is 32.4 Å². The van der Waals surface area contributed by atoms with Crippen molar-refractivity contribution in [1.82, 2.24) is 0 Å². The Bertz CT molecular complexity index is 647. The van der Waals surface area contributed by atoms with Gasteiger partial charge in [-0.1, -0.05) is 13.8 Å². The van der Waals surface area contributed by atoms with Crippen molar-refractivity contribution in [3.63, 3.8) is 0 Å². The number of carbonyl (C=O) groups is 1. The van der Waals surface area contributed by atoms with E-state index in [2.05, 4.69) is 0 Å². The quantitative estimate of drug-likeness (QED) is 0.277. The van der Waals surface area contributed by atoms with Crippen LogP contribution in [0.1, 0.15) is 34.1 Å². The zero-order valence-electron chi connectivity index (χ0n) is 16.5. The van der Waals surface area contributed by atoms with Gasteiger partial charge in [0.25, 0.3) is 0 Å². The molecule has 0 bridgehead atoms. The standard InChI is InChI=1S/C19H30O9/c1-9(21)5-6-19-17(2,3)7-10(22)15(18(19,4)28-19)27-16-14(25)13(24)12(23)11(8-20)26-16/h5-6,10-16,20,22-25H,7-8H2,1-4H3/b6-5+/t10-,11+,12+,13-,14+,15-,16-,18-,19+/m0/s1. The maximum absolute atomic E-state index is 11.5. The smallest absolute Gasteiger partial charge is 0.187 e. The molecule has 1 aliphatic carbocycles. The number of allylic oxidation sites excluding steroid dienone is 1. The van der Waals surface area contributed by atoms with E-state index in [9.17, 15) is 30.3 Å². The van der Waals surface area contributed by atoms with Gasteiger partial charge >= 0.3 is 0 Å². The lowest BCUT2D eigenvalue weighted by Gasteiger charge is -2.46. The van der Waals surface area contributed by atoms with Crippen LogP contribution in [0.3, 0.4) is 0 Å². The molecule has 0 amide bonds. The molecule has 0 spiro atoms. The van der Waals surface area contributed by atoms with Crippen molar-refractivity contribution in [3.8, 4) is 0 Å². The van der Waals surface area contributed by atoms with Crippen molar-refractivity contribution in [2.24, 2.45) is 5.41 Å². The largest absolute Gasteiger partial charge is 0.394 e. The van der Waals surface area contributed by atoms with Crippen LogP contribution in [0.15, 0.2) is 12.2 Å². The Kier molecular flexibility index (Phi) is 5.53. The summed E-state index contributed by atoms with van der Waals surface area (Å²) in [6, 6.07) is 0. The van der Waals surface area contributed by atoms with Crippen molar-refractivity contribution in [1.29, 1.82) is 0 Å². The Morgan fingerprint density at radius 1 is 1.14 bits per heavy atom. The first-order valence-corrected chi connectivity index (χ1v) is 9.44. The van der Waals surface area contributed by atoms with Crippen LogP contribution in [-0.4, -0.2) is 92.0 Å². The molecule has 28 heavy (non-hydrogen) atoms. The number of ketones is 1. The van der Waals surface area contributed by atoms with Crippen molar-refractivity contribution < 1.29 is 44.5 Å². The normalized spacial score (nSPS) is 50.4. The molecule has 160 valence electrons. The first-order valence-electron chi connectivity index (χ1n) is 9.44. The van der Waals surface area contributed by atoms with Crippen molar-refractivity contribution in [2.45, 2.75) is 88.2 Å². The van der Waals surface area contributed by atoms with Gasteiger partial charge in [-0.2, -0.15) is 0 Å². The van der Waals surface area contributed by atoms with E-state index in [1.165, 1.54) is 13.0 Å². The fourth-order valence-electron chi connectivity index (χ4n) is 4.74. The maximum atomic E-state index is 11.5. The Morgan fingerprint density at radius 3 is 2.36 bits per heavy atom. The predicted octanol–water partition coefficient (Wildman–Crippen LogP) is -1.36. The fourth-order valence-corrected chi connectivity index (χ4v) is 4.74. The molecule has 9 atom stereocenters. The van der Waals surface area contributed by atoms with E-state index in [0.717, 1.165) is 0 Å². The van der Waals surface area contributed by atoms with Crippen LogP contribution in [0.5, 0.6) is 0 Å². The number of hydrogen-bond donors (Lipinski definition) is 5. The molecule has 3 rings (SSSR count). The van der Waals surface area contributed by atoms with E-state index < -0.39 is 66.1 Å². The highest BCUT2D eigenvalue weighted by atomic mass is 16.7. The molecule has 2 saturated heterocycles. The summed E-state index contributed by atoms with van der Waals surface area (Å²) >= 11 is 0. The topological polar surface area (TPSA) is 149 Å². The van der Waals surface area contributed by atoms with E-state index in [-0.39, 0.29) is 5.78 Å². The van der Waals surface area contributed by atoms with Crippen LogP contribution in [0.2, 0.25) is 0 Å². The second kappa shape index (κ2) is 7.10. The SMILES string of the molecule is CC(=O)/C=C/[C@]12O[C@@]1(C)[C@@H](O[C@@H]1O[C@H](CO)[C@@H](O)[C@H](O)[C@H]1O)[C@@H](O)CC2(C)C. The molecule has 0 aromatic heterocycles. The van der Waals surface area contributed by atoms with E-state index >= 15 is 0 Å². The average Bonchev–Trinajstić information content (AvgIpc) is 3.24. The first kappa shape index (κ1) is 21.8. The van der Waals surface area contributed by atoms with Crippen LogP contribution < -0.4 is 0 Å². The average molecular weight is 402 g/mol. The molecule has 9 nitrogen and oxygen atoms in total. The highest BCUT2D eigenvalue weighted by Gasteiger charge is 2.79. The summed E-state index contributed by atoms with van der Waals surface area (Å²) in [4.78, 5) is 11.5. The molecule has 2 heterocycles. The van der Waals surface area contributed by atoms with Crippen molar-refractivity contribution in [2.75, 3.05) is 6.61 Å². The van der Waals surface area contributed by atoms with Gasteiger partial charge in [0.15, 0.2) is 12.1 Å². The number of ether oxygens (including phenoxy) is 3. The number of carbonyl (C=O) groups excluding carboxylic acids is 1. The second-order valence-electron chi connectivity index (χ2n) is 8.80. The number of hydrogen-bond acceptors (Lipinski definition) is 9. The van der Waals surface area contributed by atoms with Gasteiger partial charge in [0, 0.05) is 5.41 Å². The first-order chi connectivity index (χ1) is 12.9. The summed E-state index contributed by atoms with van der Waals surface area (Å²) in [5, 5.41) is 50.2. The lowest BCUT2D eigenvalue weighted by Crippen LogP contribution is -2.63. The van der Waals surface area contributed by atoms with Crippen molar-refractivity contribution in [3.05, 3.63) is 12.2 Å². The molecular weight excluding hydrogens is 372 g/mol. The van der Waals surface area contributed by atoms with Gasteiger partial charge in [0.2, 0.25) is 0 Å². The molecule has 0 aromatic rings. The monoisotopic (exact) mass is 402 g/mol. The van der Waals surface area contributed by atoms with Gasteiger partial charge < -0.3 is 39.7 Å². The summed E-state index contributed by atoms with van der Waals surface area (Å²) in [5.41, 5.74) is -2.36. The molecule has 9 heteroatoms. The number of rotatable bonds is 5. The minimum absolute atomic E-state index is 0.138. The van der Waals surface area contributed by atoms with Gasteiger partial charge in [0.05, 0.1) is 12.7 Å². The zero-order valence-corrected chi connectivity index (χ0v) is 16.5. The Balaban J connectivity index is 1.85. The van der Waals surface area contributed by atoms with E-state index in [0.29, 0.717) is 6.42 Å². The van der Waals surface area contributed by atoms with Crippen LogP contribution in [0.25, 0.3) is 0 Å². The lowest BCUT2D eigenvalue weighted by atomic mass is 9.62. The third kappa shape index (κ3) is 3.14. The molecule has 2 aliphatic heterocycles. The van der Waals surface area contributed by atoms with Crippen molar-refractivity contribution >= 4 is 5.78 Å². The third-order valence-electron chi connectivity index (χ3n) is 6.37. The van der Waals surface area contributed by atoms with Crippen LogP contribution in [-0.2, 0) is 19.0 Å². The zero-order chi connectivity index (χ0) is 21.1. The molecule has 0 radical (unpaired) electrons. The van der Waals surface area contributed by atoms with Crippen LogP contribution in [0.4, 0.5) is 0 Å². The van der Waals surface area contributed by atoms with Gasteiger partial charge in [0.1, 0.15) is 41.7 Å². The van der Waals surface area contributed by atoms with E-state index in [1.54, 1.807) is 13.0 Å². The molecule has 5 N–H and O–H groups in total. The number of epoxide rings is 1. The minimum Gasteiger partial charge on any atom is -0.394 e. The van der Waals surface area contributed by atoms with E-state index in [4.69, 9.17) is 14.2 Å². The molecular formula is C19H30O9. The molecule has 0 aromatic carbocycles. The summed E-state index contributed by atoms with van der Waals surface area (Å²) in [7, 11) is 0. The molecule has 3 aliphatic rings. The molecule has 3 fully saturated rings. The minimum atomic E-state index is -1.58. The summed E-state index contributed by atoms with van der Waals surface area (Å²) in [6.07, 6.45) is -5.64. The number of fused-ring (bicyclic) bond motifs is 1. The summed E-state index contributed by atoms with van der Waals surface area (Å²) < 4.78 is 17.3. The highest BCUT2D eigenvalue weighted by Crippen LogP contribution is 2.66. The van der Waals surface area contributed by atoms with Crippen LogP contribution in [0, 0.1) is 5.41 Å². The van der Waals surface area contributed by atoms with Crippen LogP contribution >= 0.6 is 0 Å². The summed E-state index contributed by atoms with van der Waals surface area (Å²) in [5.74, 6) is -0.138. The Hall–Kier alpha value is -0.910. The molecule has 1 saturated carbocycles. The molecule has 0 unspecified atom stereocenters. The second-order valence-corrected chi connectivity index (χ2v) is 8.80. The fraction of sp³-hybridized carbons (Fsp3) is 0.842. The summed E-state index contributed by atoms with van der Waals surface area (Å²) in [6.45, 7) is 6.45. The van der Waals surface area contributed by atoms with Gasteiger partial charge in [-0.15, -0.1) is 0 Å². The Labute approximate surface area is 163 Å².